The molecule has 2 aromatic heterocycles. The second-order valence-corrected chi connectivity index (χ2v) is 7.01. The van der Waals surface area contributed by atoms with E-state index in [0.29, 0.717) is 5.13 Å². The number of carbonyl (C=O) groups excluding carboxylic acids is 1. The monoisotopic (exact) mass is 332 g/mol. The number of imidazole rings is 1. The second kappa shape index (κ2) is 6.50. The van der Waals surface area contributed by atoms with Crippen molar-refractivity contribution >= 4 is 44.4 Å². The number of rotatable bonds is 5. The van der Waals surface area contributed by atoms with Crippen molar-refractivity contribution in [3.8, 4) is 0 Å². The summed E-state index contributed by atoms with van der Waals surface area (Å²) in [7, 11) is 1.92. The van der Waals surface area contributed by atoms with E-state index in [1.54, 1.807) is 6.20 Å². The molecule has 0 spiro atoms. The number of nitrogens with zero attached hydrogens (tertiary/aromatic N) is 3. The molecule has 0 aliphatic carbocycles. The number of hydrogen-bond acceptors (Lipinski definition) is 5. The zero-order valence-electron chi connectivity index (χ0n) is 12.3. The van der Waals surface area contributed by atoms with Crippen LogP contribution in [0.5, 0.6) is 0 Å². The molecule has 3 aromatic rings. The minimum absolute atomic E-state index is 0.0328. The number of fused-ring (bicyclic) bond motifs is 1. The molecule has 1 atom stereocenters. The number of hydrogen-bond donors (Lipinski definition) is 1. The Bertz CT molecular complexity index is 763. The Morgan fingerprint density at radius 2 is 2.27 bits per heavy atom. The van der Waals surface area contributed by atoms with Gasteiger partial charge in [-0.05, 0) is 18.6 Å². The molecular formula is C15H16N4OS2. The van der Waals surface area contributed by atoms with Gasteiger partial charge in [-0.15, -0.1) is 0 Å². The van der Waals surface area contributed by atoms with Gasteiger partial charge in [0, 0.05) is 19.4 Å². The molecule has 0 fully saturated rings. The number of amides is 1. The van der Waals surface area contributed by atoms with Gasteiger partial charge in [0.1, 0.15) is 0 Å². The Labute approximate surface area is 136 Å². The van der Waals surface area contributed by atoms with Crippen molar-refractivity contribution in [1.29, 1.82) is 0 Å². The summed E-state index contributed by atoms with van der Waals surface area (Å²) < 4.78 is 2.99. The Morgan fingerprint density at radius 1 is 1.45 bits per heavy atom. The van der Waals surface area contributed by atoms with Crippen LogP contribution in [0.2, 0.25) is 0 Å². The van der Waals surface area contributed by atoms with Crippen molar-refractivity contribution in [2.45, 2.75) is 23.8 Å². The van der Waals surface area contributed by atoms with E-state index in [1.807, 2.05) is 49.0 Å². The first-order chi connectivity index (χ1) is 10.7. The largest absolute Gasteiger partial charge is 0.329 e. The van der Waals surface area contributed by atoms with Crippen LogP contribution in [-0.2, 0) is 11.8 Å². The topological polar surface area (TPSA) is 59.8 Å². The summed E-state index contributed by atoms with van der Waals surface area (Å²) in [6.07, 6.45) is 4.34. The first-order valence-corrected chi connectivity index (χ1v) is 8.67. The molecule has 1 aromatic carbocycles. The molecule has 0 bridgehead atoms. The summed E-state index contributed by atoms with van der Waals surface area (Å²) in [5.74, 6) is -0.0328. The van der Waals surface area contributed by atoms with E-state index in [0.717, 1.165) is 21.8 Å². The van der Waals surface area contributed by atoms with Crippen LogP contribution >= 0.6 is 23.1 Å². The molecular weight excluding hydrogens is 316 g/mol. The van der Waals surface area contributed by atoms with E-state index in [-0.39, 0.29) is 11.2 Å². The number of aromatic nitrogens is 3. The minimum atomic E-state index is -0.187. The number of carbonyl (C=O) groups is 1. The maximum absolute atomic E-state index is 12.5. The molecule has 0 saturated carbocycles. The quantitative estimate of drug-likeness (QED) is 0.726. The van der Waals surface area contributed by atoms with Gasteiger partial charge in [0.15, 0.2) is 10.3 Å². The Hall–Kier alpha value is -1.86. The summed E-state index contributed by atoms with van der Waals surface area (Å²) in [6, 6.07) is 7.86. The maximum atomic E-state index is 12.5. The van der Waals surface area contributed by atoms with Gasteiger partial charge in [-0.1, -0.05) is 42.2 Å². The van der Waals surface area contributed by atoms with Gasteiger partial charge in [0.2, 0.25) is 5.91 Å². The first kappa shape index (κ1) is 15.1. The van der Waals surface area contributed by atoms with Crippen molar-refractivity contribution in [3.63, 3.8) is 0 Å². The van der Waals surface area contributed by atoms with Crippen LogP contribution in [0.1, 0.15) is 13.3 Å². The molecule has 0 saturated heterocycles. The molecule has 2 heterocycles. The van der Waals surface area contributed by atoms with Crippen molar-refractivity contribution in [1.82, 2.24) is 14.5 Å². The number of thiazole rings is 1. The Kier molecular flexibility index (Phi) is 4.44. The van der Waals surface area contributed by atoms with Gasteiger partial charge < -0.3 is 9.88 Å². The predicted molar refractivity (Wildman–Crippen MR) is 91.4 cm³/mol. The molecule has 0 unspecified atom stereocenters. The average molecular weight is 332 g/mol. The highest BCUT2D eigenvalue weighted by Crippen LogP contribution is 2.28. The number of nitrogens with one attached hydrogen (secondary N) is 1. The zero-order valence-corrected chi connectivity index (χ0v) is 13.9. The highest BCUT2D eigenvalue weighted by atomic mass is 32.2. The van der Waals surface area contributed by atoms with Gasteiger partial charge >= 0.3 is 0 Å². The fraction of sp³-hybridized carbons (Fsp3) is 0.267. The fourth-order valence-corrected chi connectivity index (χ4v) is 3.83. The predicted octanol–water partition coefficient (Wildman–Crippen LogP) is 3.54. The van der Waals surface area contributed by atoms with Crippen LogP contribution in [0.4, 0.5) is 5.13 Å². The molecule has 1 N–H and O–H groups in total. The fourth-order valence-electron chi connectivity index (χ4n) is 2.03. The van der Waals surface area contributed by atoms with E-state index < -0.39 is 0 Å². The number of thioether (sulfide) groups is 1. The van der Waals surface area contributed by atoms with E-state index in [4.69, 9.17) is 0 Å². The van der Waals surface area contributed by atoms with Crippen molar-refractivity contribution in [2.24, 2.45) is 7.05 Å². The standard InChI is InChI=1S/C15H16N4OS2/c1-3-11(22-15-16-8-9-19(15)2)13(20)18-14-17-10-6-4-5-7-12(10)21-14/h4-9,11H,3H2,1-2H3,(H,17,18,20)/t11-/m1/s1. The zero-order chi connectivity index (χ0) is 15.5. The van der Waals surface area contributed by atoms with Crippen LogP contribution in [0, 0.1) is 0 Å². The third-order valence-electron chi connectivity index (χ3n) is 3.21. The van der Waals surface area contributed by atoms with Gasteiger partial charge in [-0.3, -0.25) is 4.79 Å². The van der Waals surface area contributed by atoms with Crippen molar-refractivity contribution in [3.05, 3.63) is 36.7 Å². The lowest BCUT2D eigenvalue weighted by atomic mass is 10.3. The molecule has 7 heteroatoms. The van der Waals surface area contributed by atoms with Gasteiger partial charge in [0.25, 0.3) is 0 Å². The van der Waals surface area contributed by atoms with Gasteiger partial charge in [0.05, 0.1) is 15.5 Å². The van der Waals surface area contributed by atoms with E-state index in [1.165, 1.54) is 23.1 Å². The third-order valence-corrected chi connectivity index (χ3v) is 5.60. The van der Waals surface area contributed by atoms with Gasteiger partial charge in [-0.2, -0.15) is 0 Å². The lowest BCUT2D eigenvalue weighted by molar-refractivity contribution is -0.115. The van der Waals surface area contributed by atoms with Crippen LogP contribution < -0.4 is 5.32 Å². The van der Waals surface area contributed by atoms with Gasteiger partial charge in [-0.25, -0.2) is 9.97 Å². The van der Waals surface area contributed by atoms with Crippen LogP contribution in [0.25, 0.3) is 10.2 Å². The molecule has 0 radical (unpaired) electrons. The molecule has 0 aliphatic rings. The summed E-state index contributed by atoms with van der Waals surface area (Å²) in [4.78, 5) is 21.2. The first-order valence-electron chi connectivity index (χ1n) is 6.97. The normalized spacial score (nSPS) is 12.5. The summed E-state index contributed by atoms with van der Waals surface area (Å²) in [5.41, 5.74) is 0.910. The highest BCUT2D eigenvalue weighted by molar-refractivity contribution is 8.00. The lowest BCUT2D eigenvalue weighted by Crippen LogP contribution is -2.24. The molecule has 22 heavy (non-hydrogen) atoms. The van der Waals surface area contributed by atoms with Crippen molar-refractivity contribution in [2.75, 3.05) is 5.32 Å². The lowest BCUT2D eigenvalue weighted by Gasteiger charge is -2.12. The number of benzene rings is 1. The summed E-state index contributed by atoms with van der Waals surface area (Å²) in [5, 5.41) is 4.22. The van der Waals surface area contributed by atoms with E-state index in [9.17, 15) is 4.79 Å². The van der Waals surface area contributed by atoms with Crippen molar-refractivity contribution < 1.29 is 4.79 Å². The molecule has 0 aliphatic heterocycles. The smallest absolute Gasteiger partial charge is 0.239 e. The SMILES string of the molecule is CC[C@@H](Sc1nccn1C)C(=O)Nc1nc2ccccc2s1. The Balaban J connectivity index is 1.72. The number of anilines is 1. The summed E-state index contributed by atoms with van der Waals surface area (Å²) >= 11 is 2.96. The maximum Gasteiger partial charge on any atom is 0.239 e. The van der Waals surface area contributed by atoms with E-state index in [2.05, 4.69) is 15.3 Å². The number of aryl methyl sites for hydroxylation is 1. The van der Waals surface area contributed by atoms with Crippen LogP contribution in [0.3, 0.4) is 0 Å². The Morgan fingerprint density at radius 3 is 2.95 bits per heavy atom. The van der Waals surface area contributed by atoms with Crippen LogP contribution in [0.15, 0.2) is 41.8 Å². The third kappa shape index (κ3) is 3.15. The second-order valence-electron chi connectivity index (χ2n) is 4.81. The number of para-hydroxylation sites is 1. The molecule has 114 valence electrons. The minimum Gasteiger partial charge on any atom is -0.329 e. The average Bonchev–Trinajstić information content (AvgIpc) is 3.10. The van der Waals surface area contributed by atoms with E-state index >= 15 is 0 Å². The molecule has 3 rings (SSSR count). The van der Waals surface area contributed by atoms with Crippen LogP contribution in [-0.4, -0.2) is 25.7 Å². The highest BCUT2D eigenvalue weighted by Gasteiger charge is 2.21. The molecule has 1 amide bonds. The molecule has 5 nitrogen and oxygen atoms in total. The summed E-state index contributed by atoms with van der Waals surface area (Å²) in [6.45, 7) is 2.00.